The fourth-order valence-electron chi connectivity index (χ4n) is 10.7. The van der Waals surface area contributed by atoms with Gasteiger partial charge in [-0.3, -0.25) is 0 Å². The van der Waals surface area contributed by atoms with Gasteiger partial charge in [-0.25, -0.2) is 0 Å². The molecule has 1 aliphatic carbocycles. The molecule has 1 radical (unpaired) electrons. The normalized spacial score (nSPS) is 15.9. The summed E-state index contributed by atoms with van der Waals surface area (Å²) in [6.45, 7) is 14.7. The number of fused-ring (bicyclic) bond motifs is 5. The molecule has 0 bridgehead atoms. The summed E-state index contributed by atoms with van der Waals surface area (Å²) >= 11 is 0. The van der Waals surface area contributed by atoms with Crippen LogP contribution in [0.5, 0.6) is 0 Å². The van der Waals surface area contributed by atoms with Crippen LogP contribution in [0, 0.1) is 0 Å². The maximum absolute atomic E-state index is 3.97. The first kappa shape index (κ1) is 38.4. The Morgan fingerprint density at radius 1 is 0.435 bits per heavy atom. The number of nitrogens with one attached hydrogen (secondary N) is 1. The van der Waals surface area contributed by atoms with Gasteiger partial charge in [0.05, 0.1) is 5.69 Å². The monoisotopic (exact) mass is 799 g/mol. The Kier molecular flexibility index (Phi) is 8.81. The molecule has 8 aromatic carbocycles. The molecule has 3 aliphatic rings. The molecule has 0 aromatic heterocycles. The third-order valence-electron chi connectivity index (χ3n) is 14.3. The number of hydrogen-bond acceptors (Lipinski definition) is 2. The topological polar surface area (TPSA) is 15.3 Å². The van der Waals surface area contributed by atoms with Gasteiger partial charge in [0, 0.05) is 33.7 Å². The van der Waals surface area contributed by atoms with Gasteiger partial charge in [-0.1, -0.05) is 180 Å². The van der Waals surface area contributed by atoms with E-state index in [1.54, 1.807) is 0 Å². The average molecular weight is 800 g/mol. The molecular weight excluding hydrogens is 747 g/mol. The van der Waals surface area contributed by atoms with E-state index in [0.717, 1.165) is 16.9 Å². The van der Waals surface area contributed by atoms with Crippen molar-refractivity contribution < 1.29 is 0 Å². The lowest BCUT2D eigenvalue weighted by Crippen LogP contribution is -2.46. The van der Waals surface area contributed by atoms with Gasteiger partial charge in [0.1, 0.15) is 0 Å². The van der Waals surface area contributed by atoms with E-state index in [0.29, 0.717) is 0 Å². The van der Waals surface area contributed by atoms with Crippen molar-refractivity contribution in [3.8, 4) is 44.5 Å². The Morgan fingerprint density at radius 2 is 0.984 bits per heavy atom. The maximum atomic E-state index is 3.97. The van der Waals surface area contributed by atoms with Gasteiger partial charge in [0.15, 0.2) is 7.28 Å². The summed E-state index contributed by atoms with van der Waals surface area (Å²) in [7, 11) is 2.46. The molecule has 2 nitrogen and oxygen atoms in total. The van der Waals surface area contributed by atoms with Crippen LogP contribution in [0.2, 0.25) is 0 Å². The molecule has 0 amide bonds. The second-order valence-electron chi connectivity index (χ2n) is 19.6. The van der Waals surface area contributed by atoms with Gasteiger partial charge >= 0.3 is 0 Å². The molecule has 0 saturated heterocycles. The summed E-state index contributed by atoms with van der Waals surface area (Å²) in [5, 5.41) is 3.97. The van der Waals surface area contributed by atoms with E-state index in [-0.39, 0.29) is 16.2 Å². The van der Waals surface area contributed by atoms with E-state index < -0.39 is 0 Å². The molecule has 8 aromatic rings. The SMILES string of the molecule is CC1(C)CCC(C)(C)c2cc3c(cc21)N1c2cc(-c4ccccc4)cc(-c4ccccc4Nc4cc(-c5ccccc5)cc(-c5ccccc5)c4)c2[B]c2cccc(c21)C3(C)C. The molecule has 0 spiro atoms. The zero-order valence-corrected chi connectivity index (χ0v) is 36.7. The number of hydrogen-bond donors (Lipinski definition) is 1. The lowest BCUT2D eigenvalue weighted by Gasteiger charge is -2.49. The van der Waals surface area contributed by atoms with Crippen LogP contribution in [0.4, 0.5) is 28.4 Å². The fraction of sp³-hybridized carbons (Fsp3) is 0.186. The molecule has 0 saturated carbocycles. The van der Waals surface area contributed by atoms with Crippen LogP contribution in [0.25, 0.3) is 44.5 Å². The minimum absolute atomic E-state index is 0.0778. The second kappa shape index (κ2) is 14.2. The quantitative estimate of drug-likeness (QED) is 0.169. The van der Waals surface area contributed by atoms with Gasteiger partial charge in [-0.15, -0.1) is 0 Å². The molecule has 0 fully saturated rings. The molecule has 2 heterocycles. The van der Waals surface area contributed by atoms with Gasteiger partial charge in [-0.2, -0.15) is 0 Å². The van der Waals surface area contributed by atoms with E-state index in [4.69, 9.17) is 0 Å². The summed E-state index contributed by atoms with van der Waals surface area (Å²) in [6, 6.07) is 65.1. The Bertz CT molecular complexity index is 2980. The van der Waals surface area contributed by atoms with Crippen molar-refractivity contribution in [2.75, 3.05) is 10.2 Å². The molecule has 0 unspecified atom stereocenters. The molecule has 2 aliphatic heterocycles. The molecule has 301 valence electrons. The smallest absolute Gasteiger partial charge is 0.197 e. The zero-order chi connectivity index (χ0) is 42.4. The van der Waals surface area contributed by atoms with Gasteiger partial charge < -0.3 is 10.2 Å². The van der Waals surface area contributed by atoms with Gasteiger partial charge in [0.2, 0.25) is 0 Å². The minimum Gasteiger partial charge on any atom is -0.355 e. The third-order valence-corrected chi connectivity index (χ3v) is 14.3. The van der Waals surface area contributed by atoms with Crippen molar-refractivity contribution in [1.29, 1.82) is 0 Å². The van der Waals surface area contributed by atoms with Gasteiger partial charge in [0.25, 0.3) is 0 Å². The number of rotatable bonds is 6. The molecule has 11 rings (SSSR count). The van der Waals surface area contributed by atoms with E-state index in [2.05, 4.69) is 235 Å². The van der Waals surface area contributed by atoms with E-state index in [1.807, 2.05) is 0 Å². The second-order valence-corrected chi connectivity index (χ2v) is 19.6. The van der Waals surface area contributed by atoms with Crippen molar-refractivity contribution in [2.45, 2.75) is 70.6 Å². The van der Waals surface area contributed by atoms with Crippen molar-refractivity contribution in [3.05, 3.63) is 198 Å². The van der Waals surface area contributed by atoms with Crippen LogP contribution in [-0.4, -0.2) is 7.28 Å². The van der Waals surface area contributed by atoms with E-state index in [1.165, 1.54) is 102 Å². The van der Waals surface area contributed by atoms with Crippen molar-refractivity contribution in [3.63, 3.8) is 0 Å². The standard InChI is InChI=1S/C59H52BN2/c1-57(2)29-30-58(3,4)49-37-53-50(36-48(49)57)59(5,6)47-26-18-27-51-56(47)62(53)54-35-43(40-23-14-9-15-24-40)34-46(55(54)60-51)45-25-16-17-28-52(45)61-44-32-41(38-19-10-7-11-20-38)31-42(33-44)39-21-12-8-13-22-39/h7-28,31-37,61H,29-30H2,1-6H3. The van der Waals surface area contributed by atoms with Crippen LogP contribution >= 0.6 is 0 Å². The van der Waals surface area contributed by atoms with Gasteiger partial charge in [-0.05, 0) is 133 Å². The predicted molar refractivity (Wildman–Crippen MR) is 265 cm³/mol. The van der Waals surface area contributed by atoms with Crippen molar-refractivity contribution in [2.24, 2.45) is 0 Å². The Labute approximate surface area is 368 Å². The van der Waals surface area contributed by atoms with Crippen molar-refractivity contribution in [1.82, 2.24) is 0 Å². The maximum Gasteiger partial charge on any atom is 0.197 e. The molecule has 0 atom stereocenters. The van der Waals surface area contributed by atoms with Crippen LogP contribution in [-0.2, 0) is 16.2 Å². The number of nitrogens with zero attached hydrogens (tertiary/aromatic N) is 1. The summed E-state index contributed by atoms with van der Waals surface area (Å²) in [6.07, 6.45) is 2.37. The Morgan fingerprint density at radius 3 is 1.60 bits per heavy atom. The third kappa shape index (κ3) is 6.24. The van der Waals surface area contributed by atoms with Crippen molar-refractivity contribution >= 4 is 46.6 Å². The van der Waals surface area contributed by atoms with Crippen LogP contribution < -0.4 is 21.1 Å². The van der Waals surface area contributed by atoms with E-state index in [9.17, 15) is 0 Å². The van der Waals surface area contributed by atoms with Crippen LogP contribution in [0.15, 0.2) is 176 Å². The van der Waals surface area contributed by atoms with Crippen LogP contribution in [0.3, 0.4) is 0 Å². The molecule has 3 heteroatoms. The first-order valence-electron chi connectivity index (χ1n) is 22.3. The van der Waals surface area contributed by atoms with E-state index >= 15 is 0 Å². The average Bonchev–Trinajstić information content (AvgIpc) is 3.29. The first-order chi connectivity index (χ1) is 30.0. The Hall–Kier alpha value is -6.58. The molecular formula is C59H52BN2. The summed E-state index contributed by atoms with van der Waals surface area (Å²) in [5.74, 6) is 0. The summed E-state index contributed by atoms with van der Waals surface area (Å²) in [5.41, 5.74) is 23.7. The number of benzene rings is 8. The molecule has 1 N–H and O–H groups in total. The summed E-state index contributed by atoms with van der Waals surface area (Å²) < 4.78 is 0. The largest absolute Gasteiger partial charge is 0.355 e. The highest BCUT2D eigenvalue weighted by Gasteiger charge is 2.45. The lowest BCUT2D eigenvalue weighted by atomic mass is 9.55. The van der Waals surface area contributed by atoms with Crippen LogP contribution in [0.1, 0.15) is 76.6 Å². The lowest BCUT2D eigenvalue weighted by molar-refractivity contribution is 0.331. The number of para-hydroxylation sites is 2. The highest BCUT2D eigenvalue weighted by atomic mass is 15.2. The zero-order valence-electron chi connectivity index (χ0n) is 36.7. The fourth-order valence-corrected chi connectivity index (χ4v) is 10.7. The Balaban J connectivity index is 1.14. The summed E-state index contributed by atoms with van der Waals surface area (Å²) in [4.78, 5) is 2.64. The highest BCUT2D eigenvalue weighted by Crippen LogP contribution is 2.57. The molecule has 62 heavy (non-hydrogen) atoms. The highest BCUT2D eigenvalue weighted by molar-refractivity contribution is 6.73. The minimum atomic E-state index is -0.182. The predicted octanol–water partition coefficient (Wildman–Crippen LogP) is 14.5. The number of anilines is 5. The first-order valence-corrected chi connectivity index (χ1v) is 22.3.